The number of carboxylic acids is 1. The smallest absolute Gasteiger partial charge is 0.305 e. The number of thioether (sulfide) groups is 1. The Hall–Kier alpha value is -2.00. The van der Waals surface area contributed by atoms with Gasteiger partial charge in [0.2, 0.25) is 0 Å². The third kappa shape index (κ3) is 4.16. The van der Waals surface area contributed by atoms with Crippen LogP contribution in [-0.2, 0) is 21.7 Å². The van der Waals surface area contributed by atoms with Crippen LogP contribution >= 0.6 is 11.8 Å². The van der Waals surface area contributed by atoms with Gasteiger partial charge in [-0.1, -0.05) is 12.8 Å². The molecule has 0 bridgehead atoms. The van der Waals surface area contributed by atoms with Gasteiger partial charge in [0, 0.05) is 30.5 Å². The summed E-state index contributed by atoms with van der Waals surface area (Å²) in [6, 6.07) is 5.52. The normalized spacial score (nSPS) is 20.3. The lowest BCUT2D eigenvalue weighted by Gasteiger charge is -2.17. The van der Waals surface area contributed by atoms with Crippen LogP contribution in [0.4, 0.5) is 5.69 Å². The lowest BCUT2D eigenvalue weighted by molar-refractivity contribution is -0.137. The number of benzene rings is 1. The van der Waals surface area contributed by atoms with Crippen molar-refractivity contribution in [2.45, 2.75) is 49.1 Å². The first-order valence-corrected chi connectivity index (χ1v) is 12.6. The largest absolute Gasteiger partial charge is 0.481 e. The van der Waals surface area contributed by atoms with E-state index in [2.05, 4.69) is 10.3 Å². The zero-order chi connectivity index (χ0) is 20.8. The molecule has 2 N–H and O–H groups in total. The molecule has 1 saturated carbocycles. The summed E-state index contributed by atoms with van der Waals surface area (Å²) in [5.41, 5.74) is 2.66. The number of hydrogen-bond donors (Lipinski definition) is 2. The van der Waals surface area contributed by atoms with Crippen LogP contribution in [0.3, 0.4) is 0 Å². The Morgan fingerprint density at radius 3 is 2.69 bits per heavy atom. The molecule has 1 aromatic heterocycles. The van der Waals surface area contributed by atoms with Crippen molar-refractivity contribution in [2.75, 3.05) is 17.3 Å². The maximum absolute atomic E-state index is 12.2. The minimum Gasteiger partial charge on any atom is -0.481 e. The van der Waals surface area contributed by atoms with E-state index in [0.29, 0.717) is 16.7 Å². The summed E-state index contributed by atoms with van der Waals surface area (Å²) < 4.78 is 26.5. The molecule has 1 aromatic carbocycles. The Balaban J connectivity index is 1.80. The number of anilines is 1. The van der Waals surface area contributed by atoms with Crippen molar-refractivity contribution in [3.8, 4) is 0 Å². The molecule has 0 amide bonds. The predicted octanol–water partition coefficient (Wildman–Crippen LogP) is 3.27. The number of nitrogens with zero attached hydrogens (tertiary/aromatic N) is 2. The number of aromatic nitrogens is 1. The molecule has 4 rings (SSSR count). The molecule has 29 heavy (non-hydrogen) atoms. The predicted molar refractivity (Wildman–Crippen MR) is 117 cm³/mol. The standard InChI is InChI=1S/C20H25N3O4S2/c1-23-17(20-22-14(11-28-20)9-18(24)25)8-12-7-15(29(2,26)27)10-16(19(12)23)21-13-5-3-4-6-13/h7-8,10,13-14,21H,3-6,9,11H2,1-2H3,(H,24,25)/t14-/m1/s1. The summed E-state index contributed by atoms with van der Waals surface area (Å²) in [5, 5.41) is 14.2. The number of aliphatic carboxylic acids is 1. The van der Waals surface area contributed by atoms with Gasteiger partial charge in [0.15, 0.2) is 9.84 Å². The van der Waals surface area contributed by atoms with Crippen molar-refractivity contribution < 1.29 is 18.3 Å². The molecular weight excluding hydrogens is 410 g/mol. The van der Waals surface area contributed by atoms with Gasteiger partial charge in [-0.25, -0.2) is 8.42 Å². The lowest BCUT2D eigenvalue weighted by Crippen LogP contribution is -2.16. The van der Waals surface area contributed by atoms with Gasteiger partial charge >= 0.3 is 5.97 Å². The number of aryl methyl sites for hydroxylation is 1. The molecule has 1 aliphatic carbocycles. The monoisotopic (exact) mass is 435 g/mol. The van der Waals surface area contributed by atoms with Gasteiger partial charge < -0.3 is 15.0 Å². The summed E-state index contributed by atoms with van der Waals surface area (Å²) in [6.45, 7) is 0. The van der Waals surface area contributed by atoms with Crippen LogP contribution in [-0.4, -0.2) is 53.2 Å². The molecule has 2 aromatic rings. The second-order valence-electron chi connectivity index (χ2n) is 7.89. The number of nitrogens with one attached hydrogen (secondary N) is 1. The third-order valence-corrected chi connectivity index (χ3v) is 7.82. The molecule has 0 radical (unpaired) electrons. The topological polar surface area (TPSA) is 101 Å². The number of carboxylic acid groups (broad SMARTS) is 1. The molecular formula is C20H25N3O4S2. The Morgan fingerprint density at radius 2 is 2.03 bits per heavy atom. The van der Waals surface area contributed by atoms with Crippen LogP contribution in [0.1, 0.15) is 37.8 Å². The van der Waals surface area contributed by atoms with Gasteiger partial charge in [-0.3, -0.25) is 9.79 Å². The van der Waals surface area contributed by atoms with Gasteiger partial charge in [-0.2, -0.15) is 0 Å². The van der Waals surface area contributed by atoms with Crippen LogP contribution in [0.15, 0.2) is 28.1 Å². The first-order valence-electron chi connectivity index (χ1n) is 9.75. The molecule has 0 spiro atoms. The number of carbonyl (C=O) groups is 1. The molecule has 0 saturated heterocycles. The maximum atomic E-state index is 12.2. The first-order chi connectivity index (χ1) is 13.7. The fourth-order valence-corrected chi connectivity index (χ4v) is 5.94. The zero-order valence-corrected chi connectivity index (χ0v) is 18.1. The molecule has 9 heteroatoms. The molecule has 1 aliphatic heterocycles. The van der Waals surface area contributed by atoms with Gasteiger partial charge in [0.25, 0.3) is 0 Å². The van der Waals surface area contributed by atoms with Gasteiger partial charge in [0.05, 0.1) is 34.3 Å². The van der Waals surface area contributed by atoms with E-state index in [1.807, 2.05) is 17.7 Å². The Kier molecular flexibility index (Phi) is 5.37. The zero-order valence-electron chi connectivity index (χ0n) is 16.5. The van der Waals surface area contributed by atoms with Crippen LogP contribution in [0, 0.1) is 0 Å². The number of fused-ring (bicyclic) bond motifs is 1. The average molecular weight is 436 g/mol. The Bertz CT molecular complexity index is 1100. The number of sulfone groups is 1. The number of hydrogen-bond acceptors (Lipinski definition) is 6. The van der Waals surface area contributed by atoms with Crippen molar-refractivity contribution in [3.63, 3.8) is 0 Å². The molecule has 2 aliphatic rings. The molecule has 1 atom stereocenters. The highest BCUT2D eigenvalue weighted by Crippen LogP contribution is 2.35. The van der Waals surface area contributed by atoms with Crippen LogP contribution in [0.5, 0.6) is 0 Å². The van der Waals surface area contributed by atoms with Crippen molar-refractivity contribution in [1.82, 2.24) is 4.57 Å². The molecule has 156 valence electrons. The fourth-order valence-electron chi connectivity index (χ4n) is 4.16. The molecule has 7 nitrogen and oxygen atoms in total. The number of rotatable bonds is 6. The molecule has 2 heterocycles. The van der Waals surface area contributed by atoms with Gasteiger partial charge in [0.1, 0.15) is 5.04 Å². The van der Waals surface area contributed by atoms with Gasteiger partial charge in [-0.15, -0.1) is 11.8 Å². The first kappa shape index (κ1) is 20.3. The Morgan fingerprint density at radius 1 is 1.31 bits per heavy atom. The van der Waals surface area contributed by atoms with E-state index >= 15 is 0 Å². The van der Waals surface area contributed by atoms with Crippen molar-refractivity contribution >= 4 is 49.2 Å². The van der Waals surface area contributed by atoms with E-state index in [9.17, 15) is 13.2 Å². The minimum absolute atomic E-state index is 0.0210. The average Bonchev–Trinajstić information content (AvgIpc) is 3.35. The van der Waals surface area contributed by atoms with E-state index in [1.54, 1.807) is 23.9 Å². The van der Waals surface area contributed by atoms with Gasteiger partial charge in [-0.05, 0) is 31.0 Å². The second kappa shape index (κ2) is 7.68. The SMILES string of the molecule is Cn1c(C2=N[C@H](CC(=O)O)CS2)cc2cc(S(C)(=O)=O)cc(NC3CCCC3)c21. The molecule has 0 unspecified atom stereocenters. The Labute approximate surface area is 174 Å². The third-order valence-electron chi connectivity index (χ3n) is 5.59. The lowest BCUT2D eigenvalue weighted by atomic mass is 10.2. The molecule has 1 fully saturated rings. The highest BCUT2D eigenvalue weighted by Gasteiger charge is 2.26. The van der Waals surface area contributed by atoms with E-state index in [-0.39, 0.29) is 12.5 Å². The van der Waals surface area contributed by atoms with Crippen LogP contribution in [0.2, 0.25) is 0 Å². The highest BCUT2D eigenvalue weighted by atomic mass is 32.2. The van der Waals surface area contributed by atoms with Crippen LogP contribution in [0.25, 0.3) is 10.9 Å². The van der Waals surface area contributed by atoms with Crippen LogP contribution < -0.4 is 5.32 Å². The van der Waals surface area contributed by atoms with E-state index in [1.165, 1.54) is 19.1 Å². The summed E-state index contributed by atoms with van der Waals surface area (Å²) >= 11 is 1.55. The number of aliphatic imine (C=N–C) groups is 1. The quantitative estimate of drug-likeness (QED) is 0.722. The van der Waals surface area contributed by atoms with Crippen molar-refractivity contribution in [1.29, 1.82) is 0 Å². The second-order valence-corrected chi connectivity index (χ2v) is 10.9. The van der Waals surface area contributed by atoms with E-state index in [4.69, 9.17) is 5.11 Å². The summed E-state index contributed by atoms with van der Waals surface area (Å²) in [6.07, 6.45) is 5.79. The summed E-state index contributed by atoms with van der Waals surface area (Å²) in [7, 11) is -1.40. The fraction of sp³-hybridized carbons (Fsp3) is 0.500. The van der Waals surface area contributed by atoms with E-state index < -0.39 is 15.8 Å². The summed E-state index contributed by atoms with van der Waals surface area (Å²) in [4.78, 5) is 15.9. The maximum Gasteiger partial charge on any atom is 0.305 e. The summed E-state index contributed by atoms with van der Waals surface area (Å²) in [5.74, 6) is -0.205. The van der Waals surface area contributed by atoms with Crippen molar-refractivity contribution in [3.05, 3.63) is 23.9 Å². The highest BCUT2D eigenvalue weighted by molar-refractivity contribution is 8.14. The van der Waals surface area contributed by atoms with Crippen molar-refractivity contribution in [2.24, 2.45) is 12.0 Å². The minimum atomic E-state index is -3.35. The van der Waals surface area contributed by atoms with E-state index in [0.717, 1.165) is 40.2 Å².